The lowest BCUT2D eigenvalue weighted by atomic mass is 10.1. The van der Waals surface area contributed by atoms with Crippen LogP contribution in [0, 0.1) is 12.8 Å². The van der Waals surface area contributed by atoms with Crippen LogP contribution in [0.2, 0.25) is 5.02 Å². The zero-order valence-electron chi connectivity index (χ0n) is 13.6. The van der Waals surface area contributed by atoms with Crippen molar-refractivity contribution in [1.82, 2.24) is 4.98 Å². The molecule has 0 fully saturated rings. The summed E-state index contributed by atoms with van der Waals surface area (Å²) in [4.78, 5) is 29.2. The first-order valence-corrected chi connectivity index (χ1v) is 7.95. The van der Waals surface area contributed by atoms with Crippen LogP contribution in [0.25, 0.3) is 22.1 Å². The Kier molecular flexibility index (Phi) is 4.28. The summed E-state index contributed by atoms with van der Waals surface area (Å²) >= 11 is 5.95. The summed E-state index contributed by atoms with van der Waals surface area (Å²) in [6.45, 7) is 5.88. The van der Waals surface area contributed by atoms with Crippen molar-refractivity contribution < 1.29 is 13.9 Å². The Morgan fingerprint density at radius 2 is 2.04 bits per heavy atom. The van der Waals surface area contributed by atoms with Gasteiger partial charge in [-0.25, -0.2) is 9.78 Å². The highest BCUT2D eigenvalue weighted by Crippen LogP contribution is 2.22. The largest absolute Gasteiger partial charge is 0.462 e. The molecule has 5 nitrogen and oxygen atoms in total. The van der Waals surface area contributed by atoms with Gasteiger partial charge in [0.2, 0.25) is 11.1 Å². The van der Waals surface area contributed by atoms with Gasteiger partial charge in [0, 0.05) is 5.02 Å². The second-order valence-electron chi connectivity index (χ2n) is 6.04. The van der Waals surface area contributed by atoms with Crippen LogP contribution >= 0.6 is 11.6 Å². The third kappa shape index (κ3) is 2.99. The van der Waals surface area contributed by atoms with Crippen molar-refractivity contribution in [3.8, 4) is 0 Å². The van der Waals surface area contributed by atoms with Crippen LogP contribution < -0.4 is 5.43 Å². The monoisotopic (exact) mass is 345 g/mol. The third-order valence-electron chi connectivity index (χ3n) is 3.58. The van der Waals surface area contributed by atoms with E-state index in [1.807, 2.05) is 13.8 Å². The maximum atomic E-state index is 12.7. The summed E-state index contributed by atoms with van der Waals surface area (Å²) in [6, 6.07) is 6.29. The smallest absolute Gasteiger partial charge is 0.340 e. The first-order chi connectivity index (χ1) is 11.4. The molecule has 0 radical (unpaired) electrons. The molecule has 0 N–H and O–H groups in total. The summed E-state index contributed by atoms with van der Waals surface area (Å²) in [6.07, 6.45) is 0. The van der Waals surface area contributed by atoms with Crippen LogP contribution in [0.3, 0.4) is 0 Å². The number of rotatable bonds is 3. The zero-order valence-corrected chi connectivity index (χ0v) is 14.3. The molecule has 0 saturated heterocycles. The molecule has 124 valence electrons. The highest BCUT2D eigenvalue weighted by Gasteiger charge is 2.17. The number of hydrogen-bond acceptors (Lipinski definition) is 5. The first-order valence-electron chi connectivity index (χ1n) is 7.57. The van der Waals surface area contributed by atoms with Crippen molar-refractivity contribution in [2.75, 3.05) is 6.61 Å². The van der Waals surface area contributed by atoms with Gasteiger partial charge in [-0.15, -0.1) is 0 Å². The molecule has 0 amide bonds. The van der Waals surface area contributed by atoms with Crippen LogP contribution in [0.4, 0.5) is 0 Å². The summed E-state index contributed by atoms with van der Waals surface area (Å²) in [5.74, 6) is -0.278. The van der Waals surface area contributed by atoms with Crippen LogP contribution in [-0.4, -0.2) is 17.6 Å². The van der Waals surface area contributed by atoms with Gasteiger partial charge < -0.3 is 9.15 Å². The Hall–Kier alpha value is -2.40. The highest BCUT2D eigenvalue weighted by atomic mass is 35.5. The molecule has 0 aliphatic carbocycles. The molecular weight excluding hydrogens is 330 g/mol. The average Bonchev–Trinajstić information content (AvgIpc) is 2.53. The highest BCUT2D eigenvalue weighted by molar-refractivity contribution is 6.31. The number of hydrogen-bond donors (Lipinski definition) is 0. The molecule has 2 heterocycles. The van der Waals surface area contributed by atoms with Crippen molar-refractivity contribution >= 4 is 39.6 Å². The van der Waals surface area contributed by atoms with Crippen molar-refractivity contribution in [2.24, 2.45) is 5.92 Å². The quantitative estimate of drug-likeness (QED) is 0.527. The second-order valence-corrected chi connectivity index (χ2v) is 6.47. The predicted molar refractivity (Wildman–Crippen MR) is 92.7 cm³/mol. The van der Waals surface area contributed by atoms with Crippen LogP contribution in [0.5, 0.6) is 0 Å². The Bertz CT molecular complexity index is 1010. The molecule has 0 aliphatic rings. The minimum Gasteiger partial charge on any atom is -0.462 e. The number of benzene rings is 1. The molecule has 24 heavy (non-hydrogen) atoms. The number of halogens is 1. The maximum absolute atomic E-state index is 12.7. The predicted octanol–water partition coefficient (Wildman–Crippen LogP) is 4.12. The summed E-state index contributed by atoms with van der Waals surface area (Å²) in [5.41, 5.74) is 1.02. The number of aromatic nitrogens is 1. The topological polar surface area (TPSA) is 69.4 Å². The molecule has 0 aliphatic heterocycles. The number of carbonyl (C=O) groups excluding carboxylic acids is 1. The first kappa shape index (κ1) is 16.5. The van der Waals surface area contributed by atoms with E-state index >= 15 is 0 Å². The Labute approximate surface area is 143 Å². The van der Waals surface area contributed by atoms with E-state index < -0.39 is 5.97 Å². The van der Waals surface area contributed by atoms with Crippen molar-refractivity contribution in [3.05, 3.63) is 50.8 Å². The number of nitrogens with zero attached hydrogens (tertiary/aromatic N) is 1. The minimum absolute atomic E-state index is 0.188. The van der Waals surface area contributed by atoms with Gasteiger partial charge in [0.15, 0.2) is 0 Å². The van der Waals surface area contributed by atoms with Gasteiger partial charge in [-0.05, 0) is 37.1 Å². The van der Waals surface area contributed by atoms with E-state index in [0.29, 0.717) is 28.3 Å². The standard InChI is InChI=1S/C18H16ClNO4/c1-9(2)8-23-18(22)12-7-14-16(21)13-6-11(19)4-5-15(13)24-17(14)20-10(12)3/h4-7,9H,8H2,1-3H3. The second kappa shape index (κ2) is 6.24. The molecule has 0 spiro atoms. The van der Waals surface area contributed by atoms with E-state index in [1.54, 1.807) is 25.1 Å². The Morgan fingerprint density at radius 1 is 1.29 bits per heavy atom. The number of ether oxygens (including phenoxy) is 1. The Balaban J connectivity index is 2.18. The third-order valence-corrected chi connectivity index (χ3v) is 3.82. The number of pyridine rings is 1. The van der Waals surface area contributed by atoms with E-state index in [9.17, 15) is 9.59 Å². The van der Waals surface area contributed by atoms with Gasteiger partial charge in [-0.2, -0.15) is 0 Å². The van der Waals surface area contributed by atoms with Gasteiger partial charge in [-0.1, -0.05) is 25.4 Å². The van der Waals surface area contributed by atoms with Gasteiger partial charge in [0.25, 0.3) is 0 Å². The molecular formula is C18H16ClNO4. The van der Waals surface area contributed by atoms with E-state index in [2.05, 4.69) is 4.98 Å². The van der Waals surface area contributed by atoms with Gasteiger partial charge in [0.05, 0.1) is 28.6 Å². The fourth-order valence-electron chi connectivity index (χ4n) is 2.37. The SMILES string of the molecule is Cc1nc2oc3ccc(Cl)cc3c(=O)c2cc1C(=O)OCC(C)C. The lowest BCUT2D eigenvalue weighted by Gasteiger charge is -2.09. The van der Waals surface area contributed by atoms with E-state index in [1.165, 1.54) is 6.07 Å². The molecule has 0 bridgehead atoms. The average molecular weight is 346 g/mol. The van der Waals surface area contributed by atoms with E-state index in [4.69, 9.17) is 20.8 Å². The molecule has 0 saturated carbocycles. The molecule has 6 heteroatoms. The molecule has 1 aromatic carbocycles. The zero-order chi connectivity index (χ0) is 17.4. The molecule has 0 atom stereocenters. The summed E-state index contributed by atoms with van der Waals surface area (Å²) in [7, 11) is 0. The Morgan fingerprint density at radius 3 is 2.75 bits per heavy atom. The number of fused-ring (bicyclic) bond motifs is 2. The number of esters is 1. The van der Waals surface area contributed by atoms with Crippen molar-refractivity contribution in [1.29, 1.82) is 0 Å². The van der Waals surface area contributed by atoms with Gasteiger partial charge in [0.1, 0.15) is 5.58 Å². The number of carbonyl (C=O) groups is 1. The van der Waals surface area contributed by atoms with Crippen LogP contribution in [0.15, 0.2) is 33.5 Å². The van der Waals surface area contributed by atoms with Crippen molar-refractivity contribution in [3.63, 3.8) is 0 Å². The molecule has 2 aromatic heterocycles. The van der Waals surface area contributed by atoms with E-state index in [-0.39, 0.29) is 28.0 Å². The summed E-state index contributed by atoms with van der Waals surface area (Å²) < 4.78 is 10.9. The molecule has 0 unspecified atom stereocenters. The molecule has 3 rings (SSSR count). The maximum Gasteiger partial charge on any atom is 0.340 e. The number of aryl methyl sites for hydroxylation is 1. The van der Waals surface area contributed by atoms with Gasteiger partial charge >= 0.3 is 5.97 Å². The van der Waals surface area contributed by atoms with Crippen molar-refractivity contribution in [2.45, 2.75) is 20.8 Å². The lowest BCUT2D eigenvalue weighted by Crippen LogP contribution is -2.13. The van der Waals surface area contributed by atoms with Crippen LogP contribution in [-0.2, 0) is 4.74 Å². The lowest BCUT2D eigenvalue weighted by molar-refractivity contribution is 0.0458. The normalized spacial score (nSPS) is 11.4. The molecule has 3 aromatic rings. The van der Waals surface area contributed by atoms with Gasteiger partial charge in [-0.3, -0.25) is 4.79 Å². The minimum atomic E-state index is -0.499. The fraction of sp³-hybridized carbons (Fsp3) is 0.278. The summed E-state index contributed by atoms with van der Waals surface area (Å²) in [5, 5.41) is 1.01. The van der Waals surface area contributed by atoms with E-state index in [0.717, 1.165) is 0 Å². The van der Waals surface area contributed by atoms with Crippen LogP contribution in [0.1, 0.15) is 29.9 Å². The fourth-order valence-corrected chi connectivity index (χ4v) is 2.54.